The second-order valence-corrected chi connectivity index (χ2v) is 8.30. The van der Waals surface area contributed by atoms with Crippen LogP contribution in [0.5, 0.6) is 5.75 Å². The van der Waals surface area contributed by atoms with Gasteiger partial charge < -0.3 is 15.3 Å². The molecule has 0 radical (unpaired) electrons. The number of aryl methyl sites for hydroxylation is 1. The van der Waals surface area contributed by atoms with E-state index >= 15 is 0 Å². The van der Waals surface area contributed by atoms with Crippen molar-refractivity contribution in [1.29, 1.82) is 0 Å². The Morgan fingerprint density at radius 3 is 2.75 bits per heavy atom. The number of hydrogen-bond donors (Lipinski definition) is 2. The molecule has 2 N–H and O–H groups in total. The molecule has 150 valence electrons. The van der Waals surface area contributed by atoms with Crippen molar-refractivity contribution < 1.29 is 9.50 Å². The van der Waals surface area contributed by atoms with Gasteiger partial charge in [0.25, 0.3) is 0 Å². The highest BCUT2D eigenvalue weighted by molar-refractivity contribution is 9.10. The number of phenols is 1. The van der Waals surface area contributed by atoms with Crippen LogP contribution >= 0.6 is 15.9 Å². The SMILES string of the molecule is CCCN(CC1CC1)C(=NCc1cc(Br)ccc1F)Nc1ccc(O)cc1C. The lowest BCUT2D eigenvalue weighted by Gasteiger charge is -2.27. The van der Waals surface area contributed by atoms with Crippen molar-refractivity contribution in [1.82, 2.24) is 4.90 Å². The van der Waals surface area contributed by atoms with Crippen LogP contribution in [-0.4, -0.2) is 29.1 Å². The molecule has 1 fully saturated rings. The molecule has 28 heavy (non-hydrogen) atoms. The van der Waals surface area contributed by atoms with Crippen LogP contribution in [-0.2, 0) is 6.54 Å². The van der Waals surface area contributed by atoms with Crippen LogP contribution < -0.4 is 5.32 Å². The Kier molecular flexibility index (Phi) is 6.94. The van der Waals surface area contributed by atoms with Crippen LogP contribution in [0.25, 0.3) is 0 Å². The van der Waals surface area contributed by atoms with E-state index in [1.807, 2.05) is 13.0 Å². The van der Waals surface area contributed by atoms with Gasteiger partial charge in [0.2, 0.25) is 0 Å². The second kappa shape index (κ2) is 9.41. The van der Waals surface area contributed by atoms with Crippen LogP contribution in [0.15, 0.2) is 45.9 Å². The van der Waals surface area contributed by atoms with Crippen LogP contribution in [0.4, 0.5) is 10.1 Å². The standard InChI is InChI=1S/C22H27BrFN3O/c1-3-10-27(14-16-4-5-16)22(26-21-9-7-19(28)11-15(21)2)25-13-17-12-18(23)6-8-20(17)24/h6-9,11-12,16,28H,3-5,10,13-14H2,1-2H3,(H,25,26). The molecule has 1 saturated carbocycles. The largest absolute Gasteiger partial charge is 0.508 e. The van der Waals surface area contributed by atoms with Gasteiger partial charge >= 0.3 is 0 Å². The number of phenolic OH excluding ortho intramolecular Hbond substituents is 1. The van der Waals surface area contributed by atoms with E-state index in [9.17, 15) is 9.50 Å². The van der Waals surface area contributed by atoms with Gasteiger partial charge in [-0.2, -0.15) is 0 Å². The average molecular weight is 448 g/mol. The van der Waals surface area contributed by atoms with E-state index in [1.54, 1.807) is 24.3 Å². The third-order valence-electron chi connectivity index (χ3n) is 4.83. The predicted molar refractivity (Wildman–Crippen MR) is 116 cm³/mol. The summed E-state index contributed by atoms with van der Waals surface area (Å²) in [4.78, 5) is 7.03. The molecule has 0 heterocycles. The number of benzene rings is 2. The summed E-state index contributed by atoms with van der Waals surface area (Å²) in [6.45, 7) is 6.20. The minimum absolute atomic E-state index is 0.237. The number of nitrogens with zero attached hydrogens (tertiary/aromatic N) is 2. The van der Waals surface area contributed by atoms with E-state index in [0.717, 1.165) is 41.2 Å². The van der Waals surface area contributed by atoms with Gasteiger partial charge in [-0.1, -0.05) is 22.9 Å². The van der Waals surface area contributed by atoms with Crippen molar-refractivity contribution in [3.05, 3.63) is 57.8 Å². The average Bonchev–Trinajstić information content (AvgIpc) is 3.47. The third kappa shape index (κ3) is 5.71. The summed E-state index contributed by atoms with van der Waals surface area (Å²) >= 11 is 3.40. The Morgan fingerprint density at radius 1 is 1.29 bits per heavy atom. The predicted octanol–water partition coefficient (Wildman–Crippen LogP) is 5.69. The number of nitrogens with one attached hydrogen (secondary N) is 1. The maximum Gasteiger partial charge on any atom is 0.198 e. The van der Waals surface area contributed by atoms with Gasteiger partial charge in [-0.25, -0.2) is 9.38 Å². The first-order valence-electron chi connectivity index (χ1n) is 9.76. The zero-order valence-corrected chi connectivity index (χ0v) is 18.0. The van der Waals surface area contributed by atoms with Crippen molar-refractivity contribution in [2.75, 3.05) is 18.4 Å². The monoisotopic (exact) mass is 447 g/mol. The first kappa shape index (κ1) is 20.6. The number of halogens is 2. The van der Waals surface area contributed by atoms with Gasteiger partial charge in [-0.3, -0.25) is 0 Å². The summed E-state index contributed by atoms with van der Waals surface area (Å²) in [5.74, 6) is 1.45. The highest BCUT2D eigenvalue weighted by Crippen LogP contribution is 2.30. The quantitative estimate of drug-likeness (QED) is 0.325. The Bertz CT molecular complexity index is 852. The molecule has 4 nitrogen and oxygen atoms in total. The lowest BCUT2D eigenvalue weighted by Crippen LogP contribution is -2.38. The van der Waals surface area contributed by atoms with Crippen molar-refractivity contribution in [3.63, 3.8) is 0 Å². The molecule has 0 atom stereocenters. The molecule has 6 heteroatoms. The van der Waals surface area contributed by atoms with Gasteiger partial charge in [0.1, 0.15) is 11.6 Å². The molecule has 0 unspecified atom stereocenters. The molecule has 2 aromatic carbocycles. The Balaban J connectivity index is 1.88. The van der Waals surface area contributed by atoms with Crippen LogP contribution in [0.3, 0.4) is 0 Å². The molecule has 0 spiro atoms. The maximum atomic E-state index is 14.2. The van der Waals surface area contributed by atoms with Gasteiger partial charge in [-0.15, -0.1) is 0 Å². The number of rotatable bonds is 7. The third-order valence-corrected chi connectivity index (χ3v) is 5.33. The van der Waals surface area contributed by atoms with Crippen molar-refractivity contribution in [3.8, 4) is 5.75 Å². The Labute approximate surface area is 174 Å². The minimum Gasteiger partial charge on any atom is -0.508 e. The number of guanidine groups is 1. The summed E-state index contributed by atoms with van der Waals surface area (Å²) < 4.78 is 15.0. The maximum absolute atomic E-state index is 14.2. The molecule has 0 aromatic heterocycles. The van der Waals surface area contributed by atoms with E-state index in [2.05, 4.69) is 33.1 Å². The van der Waals surface area contributed by atoms with Crippen LogP contribution in [0, 0.1) is 18.7 Å². The van der Waals surface area contributed by atoms with Gasteiger partial charge in [0, 0.05) is 28.8 Å². The molecule has 0 amide bonds. The highest BCUT2D eigenvalue weighted by atomic mass is 79.9. The molecule has 3 rings (SSSR count). The van der Waals surface area contributed by atoms with E-state index in [-0.39, 0.29) is 18.1 Å². The lowest BCUT2D eigenvalue weighted by atomic mass is 10.2. The molecule has 1 aliphatic carbocycles. The second-order valence-electron chi connectivity index (χ2n) is 7.39. The van der Waals surface area contributed by atoms with Crippen LogP contribution in [0.1, 0.15) is 37.3 Å². The van der Waals surface area contributed by atoms with Gasteiger partial charge in [-0.05, 0) is 74.1 Å². The smallest absolute Gasteiger partial charge is 0.198 e. The zero-order valence-electron chi connectivity index (χ0n) is 16.4. The number of hydrogen-bond acceptors (Lipinski definition) is 2. The van der Waals surface area contributed by atoms with Crippen molar-refractivity contribution in [2.45, 2.75) is 39.7 Å². The van der Waals surface area contributed by atoms with Crippen LogP contribution in [0.2, 0.25) is 0 Å². The number of aromatic hydroxyl groups is 1. The fourth-order valence-corrected chi connectivity index (χ4v) is 3.53. The molecule has 0 saturated heterocycles. The van der Waals surface area contributed by atoms with E-state index in [1.165, 1.54) is 18.9 Å². The van der Waals surface area contributed by atoms with E-state index < -0.39 is 0 Å². The molecule has 0 aliphatic heterocycles. The normalized spacial score (nSPS) is 14.2. The Hall–Kier alpha value is -2.08. The first-order chi connectivity index (χ1) is 13.5. The summed E-state index contributed by atoms with van der Waals surface area (Å²) in [6.07, 6.45) is 3.52. The molecular formula is C22H27BrFN3O. The van der Waals surface area contributed by atoms with Crippen molar-refractivity contribution >= 4 is 27.6 Å². The molecular weight excluding hydrogens is 421 g/mol. The molecule has 1 aliphatic rings. The fourth-order valence-electron chi connectivity index (χ4n) is 3.12. The number of anilines is 1. The summed E-state index contributed by atoms with van der Waals surface area (Å²) in [7, 11) is 0. The summed E-state index contributed by atoms with van der Waals surface area (Å²) in [6, 6.07) is 10.2. The fraction of sp³-hybridized carbons (Fsp3) is 0.409. The zero-order chi connectivity index (χ0) is 20.1. The van der Waals surface area contributed by atoms with E-state index in [4.69, 9.17) is 4.99 Å². The first-order valence-corrected chi connectivity index (χ1v) is 10.6. The summed E-state index contributed by atoms with van der Waals surface area (Å²) in [5.41, 5.74) is 2.38. The Morgan fingerprint density at radius 2 is 2.07 bits per heavy atom. The highest BCUT2D eigenvalue weighted by Gasteiger charge is 2.26. The molecule has 0 bridgehead atoms. The topological polar surface area (TPSA) is 47.9 Å². The van der Waals surface area contributed by atoms with Gasteiger partial charge in [0.15, 0.2) is 5.96 Å². The van der Waals surface area contributed by atoms with E-state index in [0.29, 0.717) is 11.5 Å². The number of aliphatic imine (C=N–C) groups is 1. The molecule has 2 aromatic rings. The minimum atomic E-state index is -0.253. The summed E-state index contributed by atoms with van der Waals surface area (Å²) in [5, 5.41) is 13.1. The van der Waals surface area contributed by atoms with Gasteiger partial charge in [0.05, 0.1) is 6.54 Å². The van der Waals surface area contributed by atoms with Crippen molar-refractivity contribution in [2.24, 2.45) is 10.9 Å². The lowest BCUT2D eigenvalue weighted by molar-refractivity contribution is 0.396.